The van der Waals surface area contributed by atoms with Gasteiger partial charge in [-0.1, -0.05) is 6.37 Å². The van der Waals surface area contributed by atoms with Gasteiger partial charge < -0.3 is 0 Å². The van der Waals surface area contributed by atoms with Crippen molar-refractivity contribution >= 4 is 0 Å². The zero-order chi connectivity index (χ0) is 14.0. The second kappa shape index (κ2) is 2.40. The molecule has 0 N–H and O–H groups in total. The zero-order valence-electron chi connectivity index (χ0n) is 13.1. The van der Waals surface area contributed by atoms with E-state index in [0.29, 0.717) is 0 Å². The molecule has 3 heteroatoms. The molecule has 0 fully saturated rings. The first-order chi connectivity index (χ1) is 7.95. The fourth-order valence-corrected chi connectivity index (χ4v) is 0.722. The summed E-state index contributed by atoms with van der Waals surface area (Å²) in [7, 11) is 0. The predicted octanol–water partition coefficient (Wildman–Crippen LogP) is 1.00. The summed E-state index contributed by atoms with van der Waals surface area (Å²) in [6.45, 7) is -0.589. The van der Waals surface area contributed by atoms with E-state index in [0.717, 1.165) is 11.0 Å². The maximum Gasteiger partial charge on any atom is 0.138 e. The number of aromatic nitrogens is 3. The second-order valence-electron chi connectivity index (χ2n) is 1.79. The third kappa shape index (κ3) is 0.916. The van der Waals surface area contributed by atoms with Crippen molar-refractivity contribution in [3.05, 3.63) is 12.2 Å². The molecule has 0 unspecified atom stereocenters. The summed E-state index contributed by atoms with van der Waals surface area (Å²) >= 11 is 0. The standard InChI is InChI=1S/C7H11N3/c1-2-4-7-8-6-9-10(7)5-3-1/h6H,1-5H2/i1D2,2D2,3D2,4D2. The highest BCUT2D eigenvalue weighted by atomic mass is 15.3. The molecular formula is C7H11N3. The zero-order valence-corrected chi connectivity index (χ0v) is 5.13. The van der Waals surface area contributed by atoms with Crippen molar-refractivity contribution in [3.8, 4) is 0 Å². The highest BCUT2D eigenvalue weighted by molar-refractivity contribution is 4.86. The molecule has 10 heavy (non-hydrogen) atoms. The first-order valence-corrected chi connectivity index (χ1v) is 2.83. The number of aryl methyl sites for hydroxylation is 2. The van der Waals surface area contributed by atoms with Gasteiger partial charge in [0.15, 0.2) is 0 Å². The minimum atomic E-state index is -3.08. The summed E-state index contributed by atoms with van der Waals surface area (Å²) in [6, 6.07) is 0. The van der Waals surface area contributed by atoms with Crippen LogP contribution in [0.5, 0.6) is 0 Å². The van der Waals surface area contributed by atoms with Gasteiger partial charge in [0.05, 0.1) is 0 Å². The average Bonchev–Trinajstić information content (AvgIpc) is 2.62. The molecular weight excluding hydrogens is 126 g/mol. The summed E-state index contributed by atoms with van der Waals surface area (Å²) < 4.78 is 62.4. The van der Waals surface area contributed by atoms with Gasteiger partial charge >= 0.3 is 0 Å². The van der Waals surface area contributed by atoms with Gasteiger partial charge in [-0.3, -0.25) is 4.68 Å². The Labute approximate surface area is 71.3 Å². The third-order valence-electron chi connectivity index (χ3n) is 1.17. The molecule has 54 valence electrons. The second-order valence-corrected chi connectivity index (χ2v) is 1.79. The Morgan fingerprint density at radius 2 is 2.50 bits per heavy atom. The summed E-state index contributed by atoms with van der Waals surface area (Å²) in [5.74, 6) is -0.405. The van der Waals surface area contributed by atoms with Crippen LogP contribution in [0.1, 0.15) is 35.9 Å². The lowest BCUT2D eigenvalue weighted by Gasteiger charge is -1.96. The van der Waals surface area contributed by atoms with E-state index in [4.69, 9.17) is 11.0 Å². The maximum atomic E-state index is 7.76. The normalized spacial score (nSPS) is 50.0. The Morgan fingerprint density at radius 1 is 1.50 bits per heavy atom. The topological polar surface area (TPSA) is 30.7 Å². The van der Waals surface area contributed by atoms with Gasteiger partial charge in [-0.05, 0) is 12.7 Å². The van der Waals surface area contributed by atoms with Crippen molar-refractivity contribution in [2.24, 2.45) is 0 Å². The largest absolute Gasteiger partial charge is 0.250 e. The first-order valence-electron chi connectivity index (χ1n) is 6.83. The minimum Gasteiger partial charge on any atom is -0.250 e. The molecule has 2 rings (SSSR count). The van der Waals surface area contributed by atoms with Crippen LogP contribution in [-0.4, -0.2) is 14.8 Å². The molecule has 1 aliphatic heterocycles. The Morgan fingerprint density at radius 3 is 3.50 bits per heavy atom. The van der Waals surface area contributed by atoms with Crippen LogP contribution in [0.15, 0.2) is 6.33 Å². The number of nitrogens with zero attached hydrogens (tertiary/aromatic N) is 3. The minimum absolute atomic E-state index is 0.405. The van der Waals surface area contributed by atoms with Crippen LogP contribution in [-0.2, 0) is 12.9 Å². The lowest BCUT2D eigenvalue weighted by molar-refractivity contribution is 0.575. The van der Waals surface area contributed by atoms with Gasteiger partial charge in [-0.2, -0.15) is 5.10 Å². The van der Waals surface area contributed by atoms with Crippen molar-refractivity contribution in [3.63, 3.8) is 0 Å². The van der Waals surface area contributed by atoms with Crippen molar-refractivity contribution in [2.45, 2.75) is 32.0 Å². The Balaban J connectivity index is 2.74. The molecule has 0 saturated carbocycles. The van der Waals surface area contributed by atoms with Crippen LogP contribution in [0.4, 0.5) is 0 Å². The molecule has 0 bridgehead atoms. The SMILES string of the molecule is [2H]C1([2H])Cn2ncnc2C([2H])([2H])C([2H])([2H])C1([2H])[2H]. The van der Waals surface area contributed by atoms with Gasteiger partial charge in [0.2, 0.25) is 0 Å². The van der Waals surface area contributed by atoms with Crippen LogP contribution in [0.2, 0.25) is 0 Å². The van der Waals surface area contributed by atoms with E-state index in [1.165, 1.54) is 0 Å². The fraction of sp³-hybridized carbons (Fsp3) is 0.714. The highest BCUT2D eigenvalue weighted by Gasteiger charge is 2.06. The number of rotatable bonds is 0. The number of hydrogen-bond donors (Lipinski definition) is 0. The summed E-state index contributed by atoms with van der Waals surface area (Å²) in [5.41, 5.74) is 0. The summed E-state index contributed by atoms with van der Waals surface area (Å²) in [5, 5.41) is 3.63. The van der Waals surface area contributed by atoms with E-state index >= 15 is 0 Å². The first kappa shape index (κ1) is 1.84. The monoisotopic (exact) mass is 145 g/mol. The van der Waals surface area contributed by atoms with Crippen LogP contribution in [0.3, 0.4) is 0 Å². The fourth-order valence-electron chi connectivity index (χ4n) is 0.722. The number of fused-ring (bicyclic) bond motifs is 1. The molecule has 0 radical (unpaired) electrons. The van der Waals surface area contributed by atoms with Gasteiger partial charge in [0, 0.05) is 23.9 Å². The van der Waals surface area contributed by atoms with Crippen LogP contribution in [0.25, 0.3) is 0 Å². The van der Waals surface area contributed by atoms with E-state index in [2.05, 4.69) is 10.1 Å². The van der Waals surface area contributed by atoms with Crippen LogP contribution >= 0.6 is 0 Å². The predicted molar refractivity (Wildman–Crippen MR) is 37.6 cm³/mol. The Bertz CT molecular complexity index is 479. The molecule has 0 amide bonds. The average molecular weight is 145 g/mol. The van der Waals surface area contributed by atoms with Gasteiger partial charge in [0.25, 0.3) is 0 Å². The molecule has 0 aliphatic carbocycles. The van der Waals surface area contributed by atoms with Gasteiger partial charge in [-0.15, -0.1) is 0 Å². The quantitative estimate of drug-likeness (QED) is 0.545. The number of hydrogen-bond acceptors (Lipinski definition) is 2. The highest BCUT2D eigenvalue weighted by Crippen LogP contribution is 2.09. The third-order valence-corrected chi connectivity index (χ3v) is 1.17. The molecule has 2 heterocycles. The molecule has 1 aromatic heterocycles. The molecule has 0 spiro atoms. The van der Waals surface area contributed by atoms with E-state index in [1.807, 2.05) is 0 Å². The molecule has 1 aromatic rings. The van der Waals surface area contributed by atoms with Crippen molar-refractivity contribution in [2.75, 3.05) is 0 Å². The lowest BCUT2D eigenvalue weighted by Crippen LogP contribution is -2.01. The molecule has 1 aliphatic rings. The Hall–Kier alpha value is -0.860. The van der Waals surface area contributed by atoms with E-state index in [1.54, 1.807) is 0 Å². The lowest BCUT2D eigenvalue weighted by atomic mass is 10.2. The maximum absolute atomic E-state index is 7.76. The van der Waals surface area contributed by atoms with Crippen LogP contribution < -0.4 is 0 Å². The van der Waals surface area contributed by atoms with Crippen LogP contribution in [0, 0.1) is 0 Å². The molecule has 0 saturated heterocycles. The van der Waals surface area contributed by atoms with Gasteiger partial charge in [-0.25, -0.2) is 4.98 Å². The summed E-state index contributed by atoms with van der Waals surface area (Å²) in [6.07, 6.45) is -10.5. The van der Waals surface area contributed by atoms with E-state index in [9.17, 15) is 0 Å². The molecule has 3 nitrogen and oxygen atoms in total. The Kier molecular flexibility index (Phi) is 0.442. The van der Waals surface area contributed by atoms with Crippen molar-refractivity contribution < 1.29 is 11.0 Å². The molecule has 0 aromatic carbocycles. The van der Waals surface area contributed by atoms with E-state index in [-0.39, 0.29) is 0 Å². The van der Waals surface area contributed by atoms with Crippen molar-refractivity contribution in [1.82, 2.24) is 14.8 Å². The van der Waals surface area contributed by atoms with Crippen molar-refractivity contribution in [1.29, 1.82) is 0 Å². The summed E-state index contributed by atoms with van der Waals surface area (Å²) in [4.78, 5) is 3.60. The smallest absolute Gasteiger partial charge is 0.138 e. The molecule has 0 atom stereocenters. The van der Waals surface area contributed by atoms with E-state index < -0.39 is 37.9 Å². The van der Waals surface area contributed by atoms with Gasteiger partial charge in [0.1, 0.15) is 12.2 Å².